The van der Waals surface area contributed by atoms with Gasteiger partial charge in [-0.25, -0.2) is 9.79 Å². The minimum atomic E-state index is -0.497. The van der Waals surface area contributed by atoms with Crippen molar-refractivity contribution in [2.45, 2.75) is 13.0 Å². The minimum absolute atomic E-state index is 0.0469. The fourth-order valence-corrected chi connectivity index (χ4v) is 3.82. The van der Waals surface area contributed by atoms with Gasteiger partial charge < -0.3 is 9.64 Å². The molecule has 0 aliphatic carbocycles. The van der Waals surface area contributed by atoms with Gasteiger partial charge >= 0.3 is 5.97 Å². The molecule has 1 aromatic carbocycles. The molecule has 1 fully saturated rings. The molecule has 2 heterocycles. The number of amidine groups is 1. The van der Waals surface area contributed by atoms with Gasteiger partial charge in [-0.05, 0) is 24.6 Å². The van der Waals surface area contributed by atoms with Crippen molar-refractivity contribution in [3.8, 4) is 0 Å². The molecule has 126 valence electrons. The maximum absolute atomic E-state index is 12.4. The van der Waals surface area contributed by atoms with Crippen LogP contribution in [0.4, 0.5) is 5.69 Å². The predicted molar refractivity (Wildman–Crippen MR) is 95.0 cm³/mol. The molecule has 0 N–H and O–H groups in total. The molecule has 0 spiro atoms. The van der Waals surface area contributed by atoms with Crippen LogP contribution in [0.15, 0.2) is 40.5 Å². The Morgan fingerprint density at radius 1 is 1.33 bits per heavy atom. The highest BCUT2D eigenvalue weighted by molar-refractivity contribution is 8.15. The van der Waals surface area contributed by atoms with Gasteiger partial charge in [-0.15, -0.1) is 0 Å². The van der Waals surface area contributed by atoms with E-state index in [1.165, 1.54) is 18.9 Å². The van der Waals surface area contributed by atoms with E-state index in [2.05, 4.69) is 4.99 Å². The lowest BCUT2D eigenvalue weighted by Gasteiger charge is -2.32. The van der Waals surface area contributed by atoms with Gasteiger partial charge in [0.25, 0.3) is 0 Å². The van der Waals surface area contributed by atoms with E-state index in [0.29, 0.717) is 22.2 Å². The normalized spacial score (nSPS) is 20.0. The van der Waals surface area contributed by atoms with Crippen LogP contribution < -0.4 is 4.90 Å². The van der Waals surface area contributed by atoms with Crippen molar-refractivity contribution in [2.24, 2.45) is 4.99 Å². The van der Waals surface area contributed by atoms with E-state index >= 15 is 0 Å². The van der Waals surface area contributed by atoms with Gasteiger partial charge in [0.05, 0.1) is 30.2 Å². The van der Waals surface area contributed by atoms with Gasteiger partial charge in [-0.3, -0.25) is 9.69 Å². The molecular formula is C17H19N3O3S. The summed E-state index contributed by atoms with van der Waals surface area (Å²) in [7, 11) is 5.27. The number of ether oxygens (including phenoxy) is 1. The van der Waals surface area contributed by atoms with Crippen LogP contribution in [0.2, 0.25) is 0 Å². The Hall–Kier alpha value is -2.28. The molecule has 0 radical (unpaired) electrons. The summed E-state index contributed by atoms with van der Waals surface area (Å²) in [5.74, 6) is -0.164. The molecule has 0 bridgehead atoms. The number of nitrogens with zero attached hydrogens (tertiary/aromatic N) is 3. The van der Waals surface area contributed by atoms with E-state index in [1.54, 1.807) is 11.8 Å². The topological polar surface area (TPSA) is 62.2 Å². The Kier molecular flexibility index (Phi) is 4.36. The second kappa shape index (κ2) is 6.32. The van der Waals surface area contributed by atoms with Crippen molar-refractivity contribution in [1.82, 2.24) is 4.90 Å². The number of carbonyl (C=O) groups is 2. The highest BCUT2D eigenvalue weighted by Gasteiger charge is 2.43. The van der Waals surface area contributed by atoms with Crippen LogP contribution >= 0.6 is 11.8 Å². The fourth-order valence-electron chi connectivity index (χ4n) is 2.88. The van der Waals surface area contributed by atoms with Gasteiger partial charge in [0.15, 0.2) is 5.17 Å². The highest BCUT2D eigenvalue weighted by Crippen LogP contribution is 2.41. The number of methoxy groups -OCH3 is 1. The zero-order valence-electron chi connectivity index (χ0n) is 14.1. The van der Waals surface area contributed by atoms with E-state index in [-0.39, 0.29) is 5.91 Å². The lowest BCUT2D eigenvalue weighted by Crippen LogP contribution is -2.39. The summed E-state index contributed by atoms with van der Waals surface area (Å²) < 4.78 is 4.94. The number of anilines is 1. The van der Waals surface area contributed by atoms with Crippen molar-refractivity contribution in [1.29, 1.82) is 0 Å². The van der Waals surface area contributed by atoms with Crippen LogP contribution in [0.3, 0.4) is 0 Å². The number of aliphatic imine (C=N–C) groups is 1. The van der Waals surface area contributed by atoms with Crippen LogP contribution in [0.25, 0.3) is 0 Å². The SMILES string of the molecule is COC(=O)C1=C(C)N=C2SCC(=O)N2[C@H]1c1ccc(N(C)C)cc1. The number of esters is 1. The van der Waals surface area contributed by atoms with Gasteiger partial charge in [0, 0.05) is 19.8 Å². The molecule has 2 aliphatic rings. The smallest absolute Gasteiger partial charge is 0.338 e. The van der Waals surface area contributed by atoms with E-state index < -0.39 is 12.0 Å². The first-order valence-corrected chi connectivity index (χ1v) is 8.52. The molecule has 0 unspecified atom stereocenters. The number of hydrogen-bond donors (Lipinski definition) is 0. The Labute approximate surface area is 145 Å². The van der Waals surface area contributed by atoms with Crippen LogP contribution in [0.5, 0.6) is 0 Å². The number of hydrogen-bond acceptors (Lipinski definition) is 6. The second-order valence-electron chi connectivity index (χ2n) is 5.83. The second-order valence-corrected chi connectivity index (χ2v) is 6.77. The molecule has 1 saturated heterocycles. The minimum Gasteiger partial charge on any atom is -0.466 e. The third-order valence-electron chi connectivity index (χ3n) is 4.11. The number of amides is 1. The van der Waals surface area contributed by atoms with Gasteiger partial charge in [-0.2, -0.15) is 0 Å². The molecule has 24 heavy (non-hydrogen) atoms. The molecule has 3 rings (SSSR count). The monoisotopic (exact) mass is 345 g/mol. The molecule has 6 nitrogen and oxygen atoms in total. The third-order valence-corrected chi connectivity index (χ3v) is 5.05. The zero-order valence-corrected chi connectivity index (χ0v) is 14.9. The predicted octanol–water partition coefficient (Wildman–Crippen LogP) is 2.19. The average Bonchev–Trinajstić information content (AvgIpc) is 2.93. The molecule has 2 aliphatic heterocycles. The quantitative estimate of drug-likeness (QED) is 0.786. The summed E-state index contributed by atoms with van der Waals surface area (Å²) in [6.07, 6.45) is 0. The number of carbonyl (C=O) groups excluding carboxylic acids is 2. The summed E-state index contributed by atoms with van der Waals surface area (Å²) in [4.78, 5) is 32.7. The number of benzene rings is 1. The molecule has 7 heteroatoms. The summed E-state index contributed by atoms with van der Waals surface area (Å²) in [6, 6.07) is 7.33. The van der Waals surface area contributed by atoms with Crippen molar-refractivity contribution in [2.75, 3.05) is 31.9 Å². The average molecular weight is 345 g/mol. The Balaban J connectivity index is 2.11. The molecule has 0 saturated carbocycles. The van der Waals surface area contributed by atoms with Crippen LogP contribution in [0.1, 0.15) is 18.5 Å². The largest absolute Gasteiger partial charge is 0.466 e. The first-order valence-electron chi connectivity index (χ1n) is 7.54. The van der Waals surface area contributed by atoms with Crippen molar-refractivity contribution in [3.63, 3.8) is 0 Å². The molecule has 0 aromatic heterocycles. The Bertz CT molecular complexity index is 753. The van der Waals surface area contributed by atoms with Crippen molar-refractivity contribution < 1.29 is 14.3 Å². The first-order chi connectivity index (χ1) is 11.4. The molecule has 1 atom stereocenters. The lowest BCUT2D eigenvalue weighted by atomic mass is 9.94. The number of allylic oxidation sites excluding steroid dienone is 1. The third kappa shape index (κ3) is 2.69. The standard InChI is InChI=1S/C17H19N3O3S/c1-10-14(16(22)23-4)15(20-13(21)9-24-17(20)18-10)11-5-7-12(8-6-11)19(2)3/h5-8,15H,9H2,1-4H3/t15-/m0/s1. The highest BCUT2D eigenvalue weighted by atomic mass is 32.2. The first kappa shape index (κ1) is 16.6. The number of rotatable bonds is 3. The molecular weight excluding hydrogens is 326 g/mol. The van der Waals surface area contributed by atoms with Gasteiger partial charge in [-0.1, -0.05) is 23.9 Å². The molecule has 1 amide bonds. The summed E-state index contributed by atoms with van der Waals surface area (Å²) in [5, 5.41) is 0.645. The fraction of sp³-hybridized carbons (Fsp3) is 0.353. The maximum Gasteiger partial charge on any atom is 0.338 e. The van der Waals surface area contributed by atoms with Gasteiger partial charge in [0.2, 0.25) is 5.91 Å². The van der Waals surface area contributed by atoms with E-state index in [1.807, 2.05) is 43.3 Å². The van der Waals surface area contributed by atoms with Crippen molar-refractivity contribution >= 4 is 34.5 Å². The summed E-state index contributed by atoms with van der Waals surface area (Å²) in [6.45, 7) is 1.78. The summed E-state index contributed by atoms with van der Waals surface area (Å²) >= 11 is 1.40. The summed E-state index contributed by atoms with van der Waals surface area (Å²) in [5.41, 5.74) is 2.92. The Morgan fingerprint density at radius 3 is 2.58 bits per heavy atom. The number of fused-ring (bicyclic) bond motifs is 1. The lowest BCUT2D eigenvalue weighted by molar-refractivity contribution is -0.137. The van der Waals surface area contributed by atoms with Crippen LogP contribution in [-0.4, -0.2) is 48.9 Å². The maximum atomic E-state index is 12.4. The van der Waals surface area contributed by atoms with E-state index in [9.17, 15) is 9.59 Å². The van der Waals surface area contributed by atoms with Crippen LogP contribution in [-0.2, 0) is 14.3 Å². The van der Waals surface area contributed by atoms with E-state index in [4.69, 9.17) is 4.74 Å². The van der Waals surface area contributed by atoms with Gasteiger partial charge in [0.1, 0.15) is 0 Å². The van der Waals surface area contributed by atoms with Crippen LogP contribution in [0, 0.1) is 0 Å². The molecule has 1 aromatic rings. The zero-order chi connectivity index (χ0) is 17.4. The Morgan fingerprint density at radius 2 is 2.00 bits per heavy atom. The van der Waals surface area contributed by atoms with E-state index in [0.717, 1.165) is 11.3 Å². The number of thioether (sulfide) groups is 1. The van der Waals surface area contributed by atoms with Crippen molar-refractivity contribution in [3.05, 3.63) is 41.1 Å².